The zero-order valence-corrected chi connectivity index (χ0v) is 11.5. The zero-order valence-electron chi connectivity index (χ0n) is 11.5. The Morgan fingerprint density at radius 3 is 2.75 bits per heavy atom. The van der Waals surface area contributed by atoms with Crippen molar-refractivity contribution in [3.05, 3.63) is 59.9 Å². The summed E-state index contributed by atoms with van der Waals surface area (Å²) in [5, 5.41) is 3.36. The second-order valence-electron chi connectivity index (χ2n) is 4.86. The standard InChI is InChI=1S/C16H19N3O/c1-12(7-8-13-5-3-2-4-6-13)19-14-9-10-18-15(11-14)16(17)20/h2-6,9-12H,7-8H2,1H3,(H2,17,20)(H,18,19). The Kier molecular flexibility index (Phi) is 4.71. The van der Waals surface area contributed by atoms with Crippen LogP contribution >= 0.6 is 0 Å². The van der Waals surface area contributed by atoms with Crippen molar-refractivity contribution in [1.29, 1.82) is 0 Å². The van der Waals surface area contributed by atoms with Crippen molar-refractivity contribution < 1.29 is 4.79 Å². The number of nitrogens with one attached hydrogen (secondary N) is 1. The second-order valence-corrected chi connectivity index (χ2v) is 4.86. The highest BCUT2D eigenvalue weighted by atomic mass is 16.1. The van der Waals surface area contributed by atoms with Gasteiger partial charge in [-0.25, -0.2) is 0 Å². The molecule has 104 valence electrons. The highest BCUT2D eigenvalue weighted by Crippen LogP contribution is 2.12. The summed E-state index contributed by atoms with van der Waals surface area (Å²) < 4.78 is 0. The summed E-state index contributed by atoms with van der Waals surface area (Å²) in [7, 11) is 0. The topological polar surface area (TPSA) is 68.0 Å². The van der Waals surface area contributed by atoms with E-state index < -0.39 is 5.91 Å². The smallest absolute Gasteiger partial charge is 0.267 e. The first-order chi connectivity index (χ1) is 9.65. The lowest BCUT2D eigenvalue weighted by Gasteiger charge is -2.15. The van der Waals surface area contributed by atoms with Crippen molar-refractivity contribution in [3.63, 3.8) is 0 Å². The summed E-state index contributed by atoms with van der Waals surface area (Å²) in [6.45, 7) is 2.12. The Morgan fingerprint density at radius 2 is 2.05 bits per heavy atom. The number of primary amides is 1. The fourth-order valence-corrected chi connectivity index (χ4v) is 2.04. The molecule has 1 aromatic heterocycles. The van der Waals surface area contributed by atoms with E-state index in [0.29, 0.717) is 6.04 Å². The van der Waals surface area contributed by atoms with Gasteiger partial charge in [-0.1, -0.05) is 30.3 Å². The average Bonchev–Trinajstić information content (AvgIpc) is 2.46. The number of pyridine rings is 1. The molecule has 0 fully saturated rings. The molecule has 1 heterocycles. The molecule has 1 aromatic carbocycles. The molecule has 1 unspecified atom stereocenters. The summed E-state index contributed by atoms with van der Waals surface area (Å²) >= 11 is 0. The van der Waals surface area contributed by atoms with Crippen molar-refractivity contribution in [2.45, 2.75) is 25.8 Å². The third-order valence-electron chi connectivity index (χ3n) is 3.13. The number of aryl methyl sites for hydroxylation is 1. The largest absolute Gasteiger partial charge is 0.382 e. The fraction of sp³-hybridized carbons (Fsp3) is 0.250. The summed E-state index contributed by atoms with van der Waals surface area (Å²) in [6.07, 6.45) is 3.62. The maximum Gasteiger partial charge on any atom is 0.267 e. The van der Waals surface area contributed by atoms with Crippen LogP contribution in [0.3, 0.4) is 0 Å². The van der Waals surface area contributed by atoms with Crippen LogP contribution in [0.1, 0.15) is 29.4 Å². The summed E-state index contributed by atoms with van der Waals surface area (Å²) in [6, 6.07) is 14.2. The Balaban J connectivity index is 1.89. The minimum absolute atomic E-state index is 0.283. The number of benzene rings is 1. The molecular weight excluding hydrogens is 250 g/mol. The van der Waals surface area contributed by atoms with Gasteiger partial charge >= 0.3 is 0 Å². The molecule has 0 spiro atoms. The van der Waals surface area contributed by atoms with Gasteiger partial charge in [0.05, 0.1) is 0 Å². The molecule has 1 amide bonds. The predicted octanol–water partition coefficient (Wildman–Crippen LogP) is 2.61. The number of nitrogens with two attached hydrogens (primary N) is 1. The first-order valence-electron chi connectivity index (χ1n) is 6.71. The number of amides is 1. The molecule has 1 atom stereocenters. The van der Waals surface area contributed by atoms with E-state index in [2.05, 4.69) is 41.5 Å². The molecule has 0 saturated heterocycles. The van der Waals surface area contributed by atoms with Gasteiger partial charge in [0.2, 0.25) is 0 Å². The van der Waals surface area contributed by atoms with E-state index in [4.69, 9.17) is 5.73 Å². The molecule has 0 saturated carbocycles. The minimum Gasteiger partial charge on any atom is -0.382 e. The number of carbonyl (C=O) groups excluding carboxylic acids is 1. The van der Waals surface area contributed by atoms with Crippen LogP contribution in [-0.4, -0.2) is 16.9 Å². The quantitative estimate of drug-likeness (QED) is 0.847. The Bertz CT molecular complexity index is 569. The van der Waals surface area contributed by atoms with E-state index in [1.165, 1.54) is 5.56 Å². The molecule has 2 aromatic rings. The van der Waals surface area contributed by atoms with Crippen LogP contribution in [0.15, 0.2) is 48.7 Å². The van der Waals surface area contributed by atoms with Crippen molar-refractivity contribution in [2.75, 3.05) is 5.32 Å². The van der Waals surface area contributed by atoms with Crippen LogP contribution in [-0.2, 0) is 6.42 Å². The second kappa shape index (κ2) is 6.70. The van der Waals surface area contributed by atoms with Crippen molar-refractivity contribution >= 4 is 11.6 Å². The van der Waals surface area contributed by atoms with E-state index in [1.807, 2.05) is 12.1 Å². The van der Waals surface area contributed by atoms with Gasteiger partial charge in [0.25, 0.3) is 5.91 Å². The Morgan fingerprint density at radius 1 is 1.30 bits per heavy atom. The molecule has 4 heteroatoms. The van der Waals surface area contributed by atoms with E-state index >= 15 is 0 Å². The van der Waals surface area contributed by atoms with Crippen molar-refractivity contribution in [3.8, 4) is 0 Å². The van der Waals surface area contributed by atoms with Crippen LogP contribution < -0.4 is 11.1 Å². The number of nitrogens with zero attached hydrogens (tertiary/aromatic N) is 1. The molecule has 20 heavy (non-hydrogen) atoms. The van der Waals surface area contributed by atoms with Crippen molar-refractivity contribution in [1.82, 2.24) is 4.98 Å². The molecule has 0 aliphatic rings. The highest BCUT2D eigenvalue weighted by molar-refractivity contribution is 5.91. The lowest BCUT2D eigenvalue weighted by atomic mass is 10.1. The monoisotopic (exact) mass is 269 g/mol. The van der Waals surface area contributed by atoms with Gasteiger partial charge in [-0.15, -0.1) is 0 Å². The van der Waals surface area contributed by atoms with E-state index in [0.717, 1.165) is 18.5 Å². The van der Waals surface area contributed by atoms with Crippen LogP contribution in [0.5, 0.6) is 0 Å². The molecule has 0 bridgehead atoms. The zero-order chi connectivity index (χ0) is 14.4. The minimum atomic E-state index is -0.509. The molecule has 3 N–H and O–H groups in total. The van der Waals surface area contributed by atoms with Gasteiger partial charge in [0, 0.05) is 17.9 Å². The number of hydrogen-bond acceptors (Lipinski definition) is 3. The maximum absolute atomic E-state index is 11.1. The molecule has 0 aliphatic carbocycles. The molecule has 2 rings (SSSR count). The SMILES string of the molecule is CC(CCc1ccccc1)Nc1ccnc(C(N)=O)c1. The van der Waals surface area contributed by atoms with Crippen LogP contribution in [0.25, 0.3) is 0 Å². The number of aromatic nitrogens is 1. The van der Waals surface area contributed by atoms with Crippen LogP contribution in [0.2, 0.25) is 0 Å². The molecular formula is C16H19N3O. The fourth-order valence-electron chi connectivity index (χ4n) is 2.04. The van der Waals surface area contributed by atoms with Gasteiger partial charge in [-0.05, 0) is 37.5 Å². The number of rotatable bonds is 6. The first kappa shape index (κ1) is 14.1. The number of hydrogen-bond donors (Lipinski definition) is 2. The summed E-state index contributed by atoms with van der Waals surface area (Å²) in [4.78, 5) is 15.0. The van der Waals surface area contributed by atoms with Gasteiger partial charge < -0.3 is 11.1 Å². The number of carbonyl (C=O) groups is 1. The van der Waals surface area contributed by atoms with E-state index in [-0.39, 0.29) is 5.69 Å². The van der Waals surface area contributed by atoms with Gasteiger partial charge in [-0.2, -0.15) is 0 Å². The van der Waals surface area contributed by atoms with Crippen LogP contribution in [0, 0.1) is 0 Å². The van der Waals surface area contributed by atoms with Gasteiger partial charge in [0.15, 0.2) is 0 Å². The molecule has 0 aliphatic heterocycles. The van der Waals surface area contributed by atoms with Crippen molar-refractivity contribution in [2.24, 2.45) is 5.73 Å². The third kappa shape index (κ3) is 4.09. The summed E-state index contributed by atoms with van der Waals surface area (Å²) in [5.41, 5.74) is 7.70. The normalized spacial score (nSPS) is 11.8. The Labute approximate surface area is 119 Å². The Hall–Kier alpha value is -2.36. The van der Waals surface area contributed by atoms with Crippen LogP contribution in [0.4, 0.5) is 5.69 Å². The maximum atomic E-state index is 11.1. The third-order valence-corrected chi connectivity index (χ3v) is 3.13. The van der Waals surface area contributed by atoms with Gasteiger partial charge in [-0.3, -0.25) is 9.78 Å². The number of anilines is 1. The first-order valence-corrected chi connectivity index (χ1v) is 6.71. The molecule has 0 radical (unpaired) electrons. The van der Waals surface area contributed by atoms with Gasteiger partial charge in [0.1, 0.15) is 5.69 Å². The summed E-state index contributed by atoms with van der Waals surface area (Å²) in [5.74, 6) is -0.509. The average molecular weight is 269 g/mol. The highest BCUT2D eigenvalue weighted by Gasteiger charge is 2.06. The van der Waals surface area contributed by atoms with E-state index in [9.17, 15) is 4.79 Å². The molecule has 4 nitrogen and oxygen atoms in total. The lowest BCUT2D eigenvalue weighted by Crippen LogP contribution is -2.18. The van der Waals surface area contributed by atoms with E-state index in [1.54, 1.807) is 12.3 Å². The predicted molar refractivity (Wildman–Crippen MR) is 80.6 cm³/mol. The lowest BCUT2D eigenvalue weighted by molar-refractivity contribution is 0.0995.